The zero-order valence-corrected chi connectivity index (χ0v) is 17.9. The molecular formula is C20H25N3O5S. The van der Waals surface area contributed by atoms with Crippen molar-refractivity contribution in [3.63, 3.8) is 0 Å². The van der Waals surface area contributed by atoms with Gasteiger partial charge < -0.3 is 15.0 Å². The van der Waals surface area contributed by atoms with Crippen LogP contribution in [0, 0.1) is 13.8 Å². The van der Waals surface area contributed by atoms with Gasteiger partial charge in [-0.05, 0) is 56.3 Å². The maximum absolute atomic E-state index is 12.7. The minimum atomic E-state index is -3.82. The van der Waals surface area contributed by atoms with Gasteiger partial charge in [0.15, 0.2) is 0 Å². The predicted molar refractivity (Wildman–Crippen MR) is 111 cm³/mol. The summed E-state index contributed by atoms with van der Waals surface area (Å²) in [5, 5.41) is 2.79. The van der Waals surface area contributed by atoms with Crippen molar-refractivity contribution < 1.29 is 22.7 Å². The lowest BCUT2D eigenvalue weighted by molar-refractivity contribution is -0.116. The number of hydrogen-bond acceptors (Lipinski definition) is 5. The SMILES string of the molecule is CNS(=O)(=O)c1cc(C(=O)N(C)CC(=O)Nc2cc(C)ccc2C)ccc1OC. The van der Waals surface area contributed by atoms with Crippen LogP contribution in [0.4, 0.5) is 5.69 Å². The topological polar surface area (TPSA) is 105 Å². The monoisotopic (exact) mass is 419 g/mol. The highest BCUT2D eigenvalue weighted by Gasteiger charge is 2.22. The van der Waals surface area contributed by atoms with Crippen molar-refractivity contribution in [2.75, 3.05) is 33.1 Å². The van der Waals surface area contributed by atoms with Crippen LogP contribution in [0.2, 0.25) is 0 Å². The Morgan fingerprint density at radius 3 is 2.41 bits per heavy atom. The summed E-state index contributed by atoms with van der Waals surface area (Å²) in [6.07, 6.45) is 0. The van der Waals surface area contributed by atoms with Gasteiger partial charge in [-0.3, -0.25) is 9.59 Å². The third kappa shape index (κ3) is 5.33. The molecule has 0 aliphatic carbocycles. The average Bonchev–Trinajstić information content (AvgIpc) is 2.69. The summed E-state index contributed by atoms with van der Waals surface area (Å²) in [6, 6.07) is 9.79. The van der Waals surface area contributed by atoms with E-state index in [9.17, 15) is 18.0 Å². The van der Waals surface area contributed by atoms with Crippen molar-refractivity contribution in [2.24, 2.45) is 0 Å². The Morgan fingerprint density at radius 2 is 1.79 bits per heavy atom. The number of anilines is 1. The van der Waals surface area contributed by atoms with Crippen LogP contribution in [0.25, 0.3) is 0 Å². The van der Waals surface area contributed by atoms with Crippen molar-refractivity contribution in [1.29, 1.82) is 0 Å². The van der Waals surface area contributed by atoms with Gasteiger partial charge in [0.05, 0.1) is 13.7 Å². The third-order valence-corrected chi connectivity index (χ3v) is 5.80. The molecule has 0 spiro atoms. The van der Waals surface area contributed by atoms with Gasteiger partial charge in [-0.25, -0.2) is 13.1 Å². The van der Waals surface area contributed by atoms with Gasteiger partial charge in [-0.2, -0.15) is 0 Å². The number of hydrogen-bond donors (Lipinski definition) is 2. The molecule has 0 bridgehead atoms. The van der Waals surface area contributed by atoms with E-state index in [4.69, 9.17) is 4.74 Å². The fraction of sp³-hybridized carbons (Fsp3) is 0.300. The van der Waals surface area contributed by atoms with E-state index in [0.29, 0.717) is 5.69 Å². The summed E-state index contributed by atoms with van der Waals surface area (Å²) in [5.74, 6) is -0.728. The third-order valence-electron chi connectivity index (χ3n) is 4.36. The van der Waals surface area contributed by atoms with Crippen LogP contribution in [-0.2, 0) is 14.8 Å². The van der Waals surface area contributed by atoms with E-state index in [1.165, 1.54) is 44.3 Å². The Bertz CT molecular complexity index is 1030. The van der Waals surface area contributed by atoms with Gasteiger partial charge in [0, 0.05) is 18.3 Å². The van der Waals surface area contributed by atoms with Crippen LogP contribution in [0.1, 0.15) is 21.5 Å². The summed E-state index contributed by atoms with van der Waals surface area (Å²) in [7, 11) is 0.267. The van der Waals surface area contributed by atoms with E-state index in [1.807, 2.05) is 32.0 Å². The first-order valence-electron chi connectivity index (χ1n) is 8.83. The van der Waals surface area contributed by atoms with E-state index < -0.39 is 15.9 Å². The molecule has 8 nitrogen and oxygen atoms in total. The number of rotatable bonds is 7. The zero-order chi connectivity index (χ0) is 21.8. The second-order valence-electron chi connectivity index (χ2n) is 6.60. The molecule has 2 amide bonds. The lowest BCUT2D eigenvalue weighted by Gasteiger charge is -2.18. The van der Waals surface area contributed by atoms with Crippen molar-refractivity contribution in [2.45, 2.75) is 18.7 Å². The molecule has 156 valence electrons. The number of methoxy groups -OCH3 is 1. The first-order valence-corrected chi connectivity index (χ1v) is 10.3. The van der Waals surface area contributed by atoms with Gasteiger partial charge >= 0.3 is 0 Å². The second kappa shape index (κ2) is 9.06. The number of likely N-dealkylation sites (N-methyl/N-ethyl adjacent to an activating group) is 1. The van der Waals surface area contributed by atoms with Crippen LogP contribution in [0.5, 0.6) is 5.75 Å². The average molecular weight is 420 g/mol. The molecule has 0 saturated heterocycles. The molecule has 2 aromatic carbocycles. The number of sulfonamides is 1. The molecule has 0 fully saturated rings. The van der Waals surface area contributed by atoms with Crippen molar-refractivity contribution in [1.82, 2.24) is 9.62 Å². The molecule has 0 atom stereocenters. The number of nitrogens with one attached hydrogen (secondary N) is 2. The molecule has 0 heterocycles. The molecule has 2 N–H and O–H groups in total. The molecule has 0 radical (unpaired) electrons. The van der Waals surface area contributed by atoms with E-state index in [0.717, 1.165) is 11.1 Å². The maximum Gasteiger partial charge on any atom is 0.254 e. The Morgan fingerprint density at radius 1 is 1.10 bits per heavy atom. The highest BCUT2D eigenvalue weighted by molar-refractivity contribution is 7.89. The number of benzene rings is 2. The smallest absolute Gasteiger partial charge is 0.254 e. The minimum Gasteiger partial charge on any atom is -0.495 e. The Hall–Kier alpha value is -2.91. The standard InChI is InChI=1S/C20H25N3O5S/c1-13-6-7-14(2)16(10-13)22-19(24)12-23(4)20(25)15-8-9-17(28-5)18(11-15)29(26,27)21-3/h6-11,21H,12H2,1-5H3,(H,22,24). The number of ether oxygens (including phenoxy) is 1. The molecule has 0 aliphatic rings. The van der Waals surface area contributed by atoms with E-state index in [1.54, 1.807) is 0 Å². The molecule has 2 aromatic rings. The van der Waals surface area contributed by atoms with Crippen LogP contribution in [-0.4, -0.2) is 52.9 Å². The van der Waals surface area contributed by atoms with Crippen LogP contribution in [0.15, 0.2) is 41.3 Å². The first kappa shape index (κ1) is 22.4. The van der Waals surface area contributed by atoms with Crippen LogP contribution < -0.4 is 14.8 Å². The lowest BCUT2D eigenvalue weighted by atomic mass is 10.1. The van der Waals surface area contributed by atoms with E-state index in [2.05, 4.69) is 10.0 Å². The number of carbonyl (C=O) groups excluding carboxylic acids is 2. The zero-order valence-electron chi connectivity index (χ0n) is 17.1. The molecule has 0 aliphatic heterocycles. The highest BCUT2D eigenvalue weighted by Crippen LogP contribution is 2.25. The summed E-state index contributed by atoms with van der Waals surface area (Å²) in [6.45, 7) is 3.61. The minimum absolute atomic E-state index is 0.117. The van der Waals surface area contributed by atoms with Crippen molar-refractivity contribution >= 4 is 27.5 Å². The lowest BCUT2D eigenvalue weighted by Crippen LogP contribution is -2.35. The fourth-order valence-corrected chi connectivity index (χ4v) is 3.62. The van der Waals surface area contributed by atoms with Gasteiger partial charge in [-0.1, -0.05) is 12.1 Å². The molecule has 29 heavy (non-hydrogen) atoms. The van der Waals surface area contributed by atoms with Crippen molar-refractivity contribution in [3.05, 3.63) is 53.1 Å². The quantitative estimate of drug-likeness (QED) is 0.714. The number of aryl methyl sites for hydroxylation is 2. The van der Waals surface area contributed by atoms with Crippen molar-refractivity contribution in [3.8, 4) is 5.75 Å². The first-order chi connectivity index (χ1) is 13.6. The number of amides is 2. The summed E-state index contributed by atoms with van der Waals surface area (Å²) >= 11 is 0. The van der Waals surface area contributed by atoms with Gasteiger partial charge in [0.25, 0.3) is 5.91 Å². The normalized spacial score (nSPS) is 11.1. The fourth-order valence-electron chi connectivity index (χ4n) is 2.70. The molecular weight excluding hydrogens is 394 g/mol. The van der Waals surface area contributed by atoms with E-state index in [-0.39, 0.29) is 28.7 Å². The Balaban J connectivity index is 2.18. The predicted octanol–water partition coefficient (Wildman–Crippen LogP) is 1.93. The van der Waals surface area contributed by atoms with Crippen LogP contribution in [0.3, 0.4) is 0 Å². The largest absolute Gasteiger partial charge is 0.495 e. The maximum atomic E-state index is 12.7. The molecule has 2 rings (SSSR count). The Labute approximate surface area is 170 Å². The van der Waals surface area contributed by atoms with Gasteiger partial charge in [0.2, 0.25) is 15.9 Å². The highest BCUT2D eigenvalue weighted by atomic mass is 32.2. The van der Waals surface area contributed by atoms with Gasteiger partial charge in [0.1, 0.15) is 10.6 Å². The number of nitrogens with zero attached hydrogens (tertiary/aromatic N) is 1. The number of carbonyl (C=O) groups is 2. The molecule has 0 aromatic heterocycles. The summed E-state index contributed by atoms with van der Waals surface area (Å²) < 4.78 is 31.6. The second-order valence-corrected chi connectivity index (χ2v) is 8.46. The van der Waals surface area contributed by atoms with E-state index >= 15 is 0 Å². The molecule has 0 saturated carbocycles. The molecule has 0 unspecified atom stereocenters. The van der Waals surface area contributed by atoms with Crippen LogP contribution >= 0.6 is 0 Å². The summed E-state index contributed by atoms with van der Waals surface area (Å²) in [4.78, 5) is 26.1. The molecule has 9 heteroatoms. The Kier molecular flexibility index (Phi) is 6.99. The summed E-state index contributed by atoms with van der Waals surface area (Å²) in [5.41, 5.74) is 2.73. The van der Waals surface area contributed by atoms with Gasteiger partial charge in [-0.15, -0.1) is 0 Å².